The fourth-order valence-electron chi connectivity index (χ4n) is 1.65. The molecular formula is C9H20N2OS. The van der Waals surface area contributed by atoms with Gasteiger partial charge in [-0.3, -0.25) is 9.11 Å². The Labute approximate surface area is 83.1 Å². The lowest BCUT2D eigenvalue weighted by atomic mass is 10.2. The smallest absolute Gasteiger partial charge is 0.0363 e. The van der Waals surface area contributed by atoms with Gasteiger partial charge in [-0.2, -0.15) is 0 Å². The molecule has 1 aliphatic rings. The molecule has 0 radical (unpaired) electrons. The van der Waals surface area contributed by atoms with Crippen molar-refractivity contribution in [2.24, 2.45) is 5.73 Å². The van der Waals surface area contributed by atoms with Crippen LogP contribution in [0, 0.1) is 0 Å². The van der Waals surface area contributed by atoms with Crippen molar-refractivity contribution in [2.75, 3.05) is 31.1 Å². The summed E-state index contributed by atoms with van der Waals surface area (Å²) < 4.78 is 11.1. The fourth-order valence-corrected chi connectivity index (χ4v) is 2.78. The van der Waals surface area contributed by atoms with Crippen molar-refractivity contribution < 1.29 is 4.21 Å². The minimum absolute atomic E-state index is 0.302. The van der Waals surface area contributed by atoms with Gasteiger partial charge in [0.05, 0.1) is 0 Å². The highest BCUT2D eigenvalue weighted by molar-refractivity contribution is 7.85. The first-order valence-corrected chi connectivity index (χ1v) is 6.54. The van der Waals surface area contributed by atoms with Crippen molar-refractivity contribution in [1.29, 1.82) is 0 Å². The van der Waals surface area contributed by atoms with E-state index in [0.717, 1.165) is 44.0 Å². The molecule has 4 heteroatoms. The Hall–Kier alpha value is 0.0700. The van der Waals surface area contributed by atoms with Gasteiger partial charge in [-0.05, 0) is 6.42 Å². The van der Waals surface area contributed by atoms with Gasteiger partial charge in [0.25, 0.3) is 0 Å². The first-order chi connectivity index (χ1) is 6.22. The molecule has 2 N–H and O–H groups in total. The van der Waals surface area contributed by atoms with Crippen molar-refractivity contribution in [3.05, 3.63) is 0 Å². The molecule has 0 amide bonds. The van der Waals surface area contributed by atoms with Gasteiger partial charge in [0.15, 0.2) is 0 Å². The van der Waals surface area contributed by atoms with E-state index in [1.165, 1.54) is 0 Å². The van der Waals surface area contributed by atoms with E-state index < -0.39 is 10.8 Å². The zero-order chi connectivity index (χ0) is 9.68. The maximum absolute atomic E-state index is 11.1. The van der Waals surface area contributed by atoms with E-state index in [2.05, 4.69) is 11.8 Å². The Balaban J connectivity index is 2.18. The average molecular weight is 204 g/mol. The summed E-state index contributed by atoms with van der Waals surface area (Å²) in [4.78, 5) is 2.34. The maximum atomic E-state index is 11.1. The molecule has 1 heterocycles. The number of nitrogens with zero attached hydrogens (tertiary/aromatic N) is 1. The van der Waals surface area contributed by atoms with Gasteiger partial charge in [0.2, 0.25) is 0 Å². The normalized spacial score (nSPS) is 23.2. The lowest BCUT2D eigenvalue weighted by Gasteiger charge is -2.28. The maximum Gasteiger partial charge on any atom is 0.0363 e. The Morgan fingerprint density at radius 2 is 2.08 bits per heavy atom. The molecule has 1 rings (SSSR count). The minimum Gasteiger partial charge on any atom is -0.327 e. The molecule has 0 saturated carbocycles. The second kappa shape index (κ2) is 5.73. The van der Waals surface area contributed by atoms with Gasteiger partial charge in [-0.1, -0.05) is 13.3 Å². The zero-order valence-electron chi connectivity index (χ0n) is 8.37. The molecule has 3 nitrogen and oxygen atoms in total. The quantitative estimate of drug-likeness (QED) is 0.710. The molecule has 1 fully saturated rings. The summed E-state index contributed by atoms with van der Waals surface area (Å²) in [5, 5.41) is 0. The molecule has 1 saturated heterocycles. The molecule has 0 spiro atoms. The van der Waals surface area contributed by atoms with Crippen molar-refractivity contribution in [3.8, 4) is 0 Å². The van der Waals surface area contributed by atoms with Crippen LogP contribution in [-0.4, -0.2) is 46.3 Å². The van der Waals surface area contributed by atoms with Crippen molar-refractivity contribution in [3.63, 3.8) is 0 Å². The average Bonchev–Trinajstić information content (AvgIpc) is 2.09. The van der Waals surface area contributed by atoms with Crippen LogP contribution < -0.4 is 5.73 Å². The van der Waals surface area contributed by atoms with Crippen molar-refractivity contribution in [1.82, 2.24) is 4.90 Å². The van der Waals surface area contributed by atoms with E-state index in [-0.39, 0.29) is 0 Å². The molecule has 1 unspecified atom stereocenters. The minimum atomic E-state index is -0.562. The third-order valence-corrected chi connectivity index (χ3v) is 3.70. The van der Waals surface area contributed by atoms with Crippen LogP contribution in [0.2, 0.25) is 0 Å². The molecule has 13 heavy (non-hydrogen) atoms. The van der Waals surface area contributed by atoms with E-state index in [9.17, 15) is 4.21 Å². The molecule has 0 aromatic heterocycles. The first-order valence-electron chi connectivity index (χ1n) is 5.05. The fraction of sp³-hybridized carbons (Fsp3) is 1.00. The molecule has 0 bridgehead atoms. The lowest BCUT2D eigenvalue weighted by Crippen LogP contribution is -2.44. The molecule has 1 atom stereocenters. The molecule has 0 aromatic rings. The van der Waals surface area contributed by atoms with E-state index >= 15 is 0 Å². The Kier molecular flexibility index (Phi) is 4.91. The van der Waals surface area contributed by atoms with Crippen molar-refractivity contribution in [2.45, 2.75) is 25.8 Å². The van der Waals surface area contributed by atoms with E-state index in [0.29, 0.717) is 6.04 Å². The van der Waals surface area contributed by atoms with Crippen LogP contribution in [0.1, 0.15) is 19.8 Å². The largest absolute Gasteiger partial charge is 0.327 e. The number of nitrogens with two attached hydrogens (primary N) is 1. The molecule has 1 aliphatic heterocycles. The van der Waals surface area contributed by atoms with Gasteiger partial charge >= 0.3 is 0 Å². The third-order valence-electron chi connectivity index (χ3n) is 2.42. The predicted octanol–water partition coefficient (Wildman–Crippen LogP) is 0.178. The highest BCUT2D eigenvalue weighted by atomic mass is 32.2. The summed E-state index contributed by atoms with van der Waals surface area (Å²) in [6.45, 7) is 5.06. The highest BCUT2D eigenvalue weighted by Gasteiger charge is 2.16. The highest BCUT2D eigenvalue weighted by Crippen LogP contribution is 2.02. The third kappa shape index (κ3) is 4.20. The van der Waals surface area contributed by atoms with Crippen molar-refractivity contribution >= 4 is 10.8 Å². The second-order valence-electron chi connectivity index (χ2n) is 3.70. The van der Waals surface area contributed by atoms with Gasteiger partial charge in [0.1, 0.15) is 0 Å². The van der Waals surface area contributed by atoms with Crippen LogP contribution in [-0.2, 0) is 10.8 Å². The standard InChI is InChI=1S/C9H20N2OS/c1-2-3-9(10)8-11-4-6-13(12)7-5-11/h9H,2-8,10H2,1H3. The van der Waals surface area contributed by atoms with E-state index in [1.807, 2.05) is 0 Å². The van der Waals surface area contributed by atoms with Crippen LogP contribution in [0.5, 0.6) is 0 Å². The number of hydrogen-bond acceptors (Lipinski definition) is 3. The van der Waals surface area contributed by atoms with Gasteiger partial charge < -0.3 is 5.73 Å². The zero-order valence-corrected chi connectivity index (χ0v) is 9.18. The lowest BCUT2D eigenvalue weighted by molar-refractivity contribution is 0.274. The second-order valence-corrected chi connectivity index (χ2v) is 5.39. The van der Waals surface area contributed by atoms with E-state index in [1.54, 1.807) is 0 Å². The molecular weight excluding hydrogens is 184 g/mol. The van der Waals surface area contributed by atoms with E-state index in [4.69, 9.17) is 5.73 Å². The van der Waals surface area contributed by atoms with Crippen LogP contribution in [0.3, 0.4) is 0 Å². The van der Waals surface area contributed by atoms with Gasteiger partial charge in [-0.15, -0.1) is 0 Å². The Morgan fingerprint density at radius 1 is 1.46 bits per heavy atom. The van der Waals surface area contributed by atoms with Crippen LogP contribution in [0.25, 0.3) is 0 Å². The summed E-state index contributed by atoms with van der Waals surface area (Å²) in [5.74, 6) is 1.66. The monoisotopic (exact) mass is 204 g/mol. The van der Waals surface area contributed by atoms with Crippen LogP contribution in [0.15, 0.2) is 0 Å². The summed E-state index contributed by atoms with van der Waals surface area (Å²) >= 11 is 0. The van der Waals surface area contributed by atoms with Crippen LogP contribution in [0.4, 0.5) is 0 Å². The Bertz CT molecular complexity index is 165. The van der Waals surface area contributed by atoms with Gasteiger partial charge in [-0.25, -0.2) is 0 Å². The van der Waals surface area contributed by atoms with Gasteiger partial charge in [0, 0.05) is 48.0 Å². The Morgan fingerprint density at radius 3 is 2.62 bits per heavy atom. The summed E-state index contributed by atoms with van der Waals surface area (Å²) in [6, 6.07) is 0.302. The predicted molar refractivity (Wildman–Crippen MR) is 57.2 cm³/mol. The molecule has 0 aromatic carbocycles. The summed E-state index contributed by atoms with van der Waals surface area (Å²) in [5.41, 5.74) is 5.93. The molecule has 0 aliphatic carbocycles. The summed E-state index contributed by atoms with van der Waals surface area (Å²) in [7, 11) is -0.562. The SMILES string of the molecule is CCCC(N)CN1CCS(=O)CC1. The summed E-state index contributed by atoms with van der Waals surface area (Å²) in [6.07, 6.45) is 2.25. The number of rotatable bonds is 4. The molecule has 78 valence electrons. The topological polar surface area (TPSA) is 46.3 Å². The van der Waals surface area contributed by atoms with Crippen LogP contribution >= 0.6 is 0 Å². The first kappa shape index (κ1) is 11.1. The number of hydrogen-bond donors (Lipinski definition) is 1.